The average Bonchev–Trinajstić information content (AvgIpc) is 2.60. The SMILES string of the molecule is C[C@H](NC(=O)C1CCN(S(C)(=O)=O)CC1)c1ccc2c(c1)OCCO2. The Kier molecular flexibility index (Phi) is 5.19. The number of hydrogen-bond acceptors (Lipinski definition) is 5. The monoisotopic (exact) mass is 368 g/mol. The molecule has 1 saturated heterocycles. The van der Waals surface area contributed by atoms with E-state index >= 15 is 0 Å². The van der Waals surface area contributed by atoms with Gasteiger partial charge in [0.05, 0.1) is 12.3 Å². The molecular weight excluding hydrogens is 344 g/mol. The second-order valence-corrected chi connectivity index (χ2v) is 8.55. The summed E-state index contributed by atoms with van der Waals surface area (Å²) in [5, 5.41) is 3.02. The highest BCUT2D eigenvalue weighted by Crippen LogP contribution is 2.32. The Morgan fingerprint density at radius 2 is 1.84 bits per heavy atom. The third kappa shape index (κ3) is 4.24. The number of amides is 1. The Bertz CT molecular complexity index is 741. The molecule has 0 radical (unpaired) electrons. The van der Waals surface area contributed by atoms with Gasteiger partial charge in [0.1, 0.15) is 13.2 Å². The summed E-state index contributed by atoms with van der Waals surface area (Å²) < 4.78 is 35.6. The summed E-state index contributed by atoms with van der Waals surface area (Å²) in [5.41, 5.74) is 0.950. The molecule has 3 rings (SSSR count). The Labute approximate surface area is 148 Å². The van der Waals surface area contributed by atoms with Crippen LogP contribution in [0.3, 0.4) is 0 Å². The van der Waals surface area contributed by atoms with E-state index in [0.29, 0.717) is 44.9 Å². The number of nitrogens with zero attached hydrogens (tertiary/aromatic N) is 1. The number of carbonyl (C=O) groups is 1. The molecule has 8 heteroatoms. The van der Waals surface area contributed by atoms with Gasteiger partial charge in [-0.05, 0) is 37.5 Å². The van der Waals surface area contributed by atoms with Gasteiger partial charge in [-0.15, -0.1) is 0 Å². The van der Waals surface area contributed by atoms with Gasteiger partial charge in [0.25, 0.3) is 0 Å². The summed E-state index contributed by atoms with van der Waals surface area (Å²) in [7, 11) is -3.17. The molecule has 1 aromatic rings. The normalized spacial score (nSPS) is 20.1. The van der Waals surface area contributed by atoms with Crippen LogP contribution < -0.4 is 14.8 Å². The number of piperidine rings is 1. The van der Waals surface area contributed by atoms with Gasteiger partial charge in [0, 0.05) is 19.0 Å². The first-order valence-corrected chi connectivity index (χ1v) is 10.3. The molecule has 0 unspecified atom stereocenters. The van der Waals surface area contributed by atoms with E-state index in [4.69, 9.17) is 9.47 Å². The van der Waals surface area contributed by atoms with Crippen molar-refractivity contribution in [2.75, 3.05) is 32.6 Å². The second-order valence-electron chi connectivity index (χ2n) is 6.57. The van der Waals surface area contributed by atoms with Gasteiger partial charge in [-0.3, -0.25) is 4.79 Å². The van der Waals surface area contributed by atoms with E-state index in [0.717, 1.165) is 11.3 Å². The van der Waals surface area contributed by atoms with Crippen LogP contribution in [0.25, 0.3) is 0 Å². The molecule has 7 nitrogen and oxygen atoms in total. The van der Waals surface area contributed by atoms with Crippen molar-refractivity contribution in [1.82, 2.24) is 9.62 Å². The Balaban J connectivity index is 1.58. The molecule has 0 bridgehead atoms. The van der Waals surface area contributed by atoms with E-state index in [1.807, 2.05) is 25.1 Å². The highest BCUT2D eigenvalue weighted by Gasteiger charge is 2.29. The van der Waals surface area contributed by atoms with Crippen LogP contribution in [0.5, 0.6) is 11.5 Å². The van der Waals surface area contributed by atoms with Gasteiger partial charge >= 0.3 is 0 Å². The van der Waals surface area contributed by atoms with Crippen molar-refractivity contribution in [2.45, 2.75) is 25.8 Å². The number of hydrogen-bond donors (Lipinski definition) is 1. The Morgan fingerprint density at radius 3 is 2.48 bits per heavy atom. The topological polar surface area (TPSA) is 84.9 Å². The van der Waals surface area contributed by atoms with E-state index in [2.05, 4.69) is 5.32 Å². The molecule has 2 aliphatic heterocycles. The van der Waals surface area contributed by atoms with Crippen LogP contribution in [0.2, 0.25) is 0 Å². The first-order chi connectivity index (χ1) is 11.8. The predicted octanol–water partition coefficient (Wildman–Crippen LogP) is 1.31. The van der Waals surface area contributed by atoms with Crippen LogP contribution in [-0.4, -0.2) is 51.2 Å². The average molecular weight is 368 g/mol. The van der Waals surface area contributed by atoms with Gasteiger partial charge in [-0.1, -0.05) is 6.07 Å². The van der Waals surface area contributed by atoms with Crippen molar-refractivity contribution < 1.29 is 22.7 Å². The summed E-state index contributed by atoms with van der Waals surface area (Å²) in [5.74, 6) is 1.24. The number of rotatable bonds is 4. The molecular formula is C17H24N2O5S. The van der Waals surface area contributed by atoms with Gasteiger partial charge in [0.2, 0.25) is 15.9 Å². The highest BCUT2D eigenvalue weighted by molar-refractivity contribution is 7.88. The first kappa shape index (κ1) is 18.0. The molecule has 0 aromatic heterocycles. The maximum absolute atomic E-state index is 12.5. The lowest BCUT2D eigenvalue weighted by Gasteiger charge is -2.30. The van der Waals surface area contributed by atoms with Crippen molar-refractivity contribution in [3.05, 3.63) is 23.8 Å². The third-order valence-corrected chi connectivity index (χ3v) is 6.02. The van der Waals surface area contributed by atoms with Crippen LogP contribution in [-0.2, 0) is 14.8 Å². The molecule has 0 saturated carbocycles. The fourth-order valence-electron chi connectivity index (χ4n) is 3.19. The summed E-state index contributed by atoms with van der Waals surface area (Å²) in [6.45, 7) is 3.79. The predicted molar refractivity (Wildman–Crippen MR) is 93.1 cm³/mol. The molecule has 0 aliphatic carbocycles. The molecule has 1 fully saturated rings. The lowest BCUT2D eigenvalue weighted by molar-refractivity contribution is -0.126. The largest absolute Gasteiger partial charge is 0.486 e. The van der Waals surface area contributed by atoms with E-state index in [9.17, 15) is 13.2 Å². The molecule has 2 heterocycles. The maximum atomic E-state index is 12.5. The zero-order chi connectivity index (χ0) is 18.0. The number of nitrogens with one attached hydrogen (secondary N) is 1. The minimum atomic E-state index is -3.17. The van der Waals surface area contributed by atoms with Gasteiger partial charge in [-0.25, -0.2) is 12.7 Å². The van der Waals surface area contributed by atoms with E-state index in [1.165, 1.54) is 10.6 Å². The number of sulfonamides is 1. The minimum Gasteiger partial charge on any atom is -0.486 e. The van der Waals surface area contributed by atoms with Crippen molar-refractivity contribution >= 4 is 15.9 Å². The lowest BCUT2D eigenvalue weighted by Crippen LogP contribution is -2.43. The number of fused-ring (bicyclic) bond motifs is 1. The van der Waals surface area contributed by atoms with Crippen molar-refractivity contribution in [2.24, 2.45) is 5.92 Å². The van der Waals surface area contributed by atoms with Crippen LogP contribution in [0.1, 0.15) is 31.4 Å². The summed E-state index contributed by atoms with van der Waals surface area (Å²) in [6.07, 6.45) is 2.30. The third-order valence-electron chi connectivity index (χ3n) is 4.72. The summed E-state index contributed by atoms with van der Waals surface area (Å²) >= 11 is 0. The molecule has 1 aromatic carbocycles. The van der Waals surface area contributed by atoms with E-state index in [1.54, 1.807) is 0 Å². The first-order valence-electron chi connectivity index (χ1n) is 8.49. The standard InChI is InChI=1S/C17H24N2O5S/c1-12(14-3-4-15-16(11-14)24-10-9-23-15)18-17(20)13-5-7-19(8-6-13)25(2,21)22/h3-4,11-13H,5-10H2,1-2H3,(H,18,20)/t12-/m0/s1. The Morgan fingerprint density at radius 1 is 1.20 bits per heavy atom. The van der Waals surface area contributed by atoms with Crippen LogP contribution >= 0.6 is 0 Å². The summed E-state index contributed by atoms with van der Waals surface area (Å²) in [6, 6.07) is 5.52. The second kappa shape index (κ2) is 7.21. The van der Waals surface area contributed by atoms with Crippen molar-refractivity contribution in [1.29, 1.82) is 0 Å². The molecule has 1 N–H and O–H groups in total. The molecule has 138 valence electrons. The van der Waals surface area contributed by atoms with Gasteiger partial charge in [0.15, 0.2) is 11.5 Å². The molecule has 25 heavy (non-hydrogen) atoms. The Hall–Kier alpha value is -1.80. The maximum Gasteiger partial charge on any atom is 0.223 e. The van der Waals surface area contributed by atoms with Crippen molar-refractivity contribution in [3.8, 4) is 11.5 Å². The van der Waals surface area contributed by atoms with Crippen LogP contribution in [0.4, 0.5) is 0 Å². The summed E-state index contributed by atoms with van der Waals surface area (Å²) in [4.78, 5) is 12.5. The fourth-order valence-corrected chi connectivity index (χ4v) is 4.07. The number of ether oxygens (including phenoxy) is 2. The smallest absolute Gasteiger partial charge is 0.223 e. The van der Waals surface area contributed by atoms with Gasteiger partial charge < -0.3 is 14.8 Å². The molecule has 0 spiro atoms. The minimum absolute atomic E-state index is 0.0319. The highest BCUT2D eigenvalue weighted by atomic mass is 32.2. The van der Waals surface area contributed by atoms with Crippen LogP contribution in [0.15, 0.2) is 18.2 Å². The molecule has 1 atom stereocenters. The van der Waals surface area contributed by atoms with Crippen LogP contribution in [0, 0.1) is 5.92 Å². The molecule has 1 amide bonds. The number of benzene rings is 1. The van der Waals surface area contributed by atoms with E-state index < -0.39 is 10.0 Å². The number of carbonyl (C=O) groups excluding carboxylic acids is 1. The quantitative estimate of drug-likeness (QED) is 0.866. The lowest BCUT2D eigenvalue weighted by atomic mass is 9.96. The van der Waals surface area contributed by atoms with Crippen molar-refractivity contribution in [3.63, 3.8) is 0 Å². The van der Waals surface area contributed by atoms with E-state index in [-0.39, 0.29) is 17.9 Å². The molecule has 2 aliphatic rings. The van der Waals surface area contributed by atoms with Gasteiger partial charge in [-0.2, -0.15) is 0 Å². The zero-order valence-corrected chi connectivity index (χ0v) is 15.3. The zero-order valence-electron chi connectivity index (χ0n) is 14.5. The fraction of sp³-hybridized carbons (Fsp3) is 0.588.